The molecule has 1 atom stereocenters. The van der Waals surface area contributed by atoms with E-state index in [1.54, 1.807) is 27.7 Å². The van der Waals surface area contributed by atoms with Gasteiger partial charge in [-0.25, -0.2) is 4.79 Å². The van der Waals surface area contributed by atoms with Crippen LogP contribution >= 0.6 is 7.95 Å². The Kier molecular flexibility index (Phi) is 5.09. The topological polar surface area (TPSA) is 55.4 Å². The summed E-state index contributed by atoms with van der Waals surface area (Å²) < 4.78 is 17.0. The van der Waals surface area contributed by atoms with Crippen LogP contribution in [0.4, 0.5) is 0 Å². The van der Waals surface area contributed by atoms with Gasteiger partial charge in [-0.1, -0.05) is 5.09 Å². The second-order valence-electron chi connectivity index (χ2n) is 5.66. The Labute approximate surface area is 99.0 Å². The molecule has 0 bridgehead atoms. The standard InChI is InChI=1S/C11H23NO3P/c1-8(2)15-9(13)11(6,7)12-16(14)10(3,4)5/h8H,1-7H3,(H,12,14)/q+1. The minimum atomic E-state index is -1.67. The van der Waals surface area contributed by atoms with Crippen molar-refractivity contribution in [1.29, 1.82) is 0 Å². The molecule has 0 spiro atoms. The second-order valence-corrected chi connectivity index (χ2v) is 7.81. The van der Waals surface area contributed by atoms with Crippen molar-refractivity contribution in [2.75, 3.05) is 0 Å². The first-order chi connectivity index (χ1) is 6.97. The Morgan fingerprint density at radius 3 is 1.94 bits per heavy atom. The lowest BCUT2D eigenvalue weighted by atomic mass is 10.1. The first kappa shape index (κ1) is 15.5. The Morgan fingerprint density at radius 1 is 1.19 bits per heavy atom. The Balaban J connectivity index is 4.57. The van der Waals surface area contributed by atoms with Gasteiger partial charge in [0.05, 0.1) is 6.10 Å². The maximum Gasteiger partial charge on any atom is 0.438 e. The average molecular weight is 248 g/mol. The highest BCUT2D eigenvalue weighted by Crippen LogP contribution is 2.36. The molecule has 16 heavy (non-hydrogen) atoms. The summed E-state index contributed by atoms with van der Waals surface area (Å²) in [6.07, 6.45) is -0.166. The van der Waals surface area contributed by atoms with Gasteiger partial charge in [0.2, 0.25) is 0 Å². The molecule has 0 amide bonds. The molecule has 0 radical (unpaired) electrons. The Hall–Kier alpha value is -0.470. The molecule has 4 nitrogen and oxygen atoms in total. The summed E-state index contributed by atoms with van der Waals surface area (Å²) >= 11 is 0. The van der Waals surface area contributed by atoms with Crippen LogP contribution in [0.15, 0.2) is 0 Å². The normalized spacial score (nSPS) is 13.9. The van der Waals surface area contributed by atoms with Gasteiger partial charge in [-0.05, 0) is 53.0 Å². The maximum absolute atomic E-state index is 11.9. The molecule has 94 valence electrons. The largest absolute Gasteiger partial charge is 0.462 e. The van der Waals surface area contributed by atoms with Gasteiger partial charge in [0.25, 0.3) is 0 Å². The number of rotatable bonds is 4. The zero-order chi connectivity index (χ0) is 13.1. The first-order valence-electron chi connectivity index (χ1n) is 5.43. The second kappa shape index (κ2) is 5.24. The van der Waals surface area contributed by atoms with E-state index < -0.39 is 13.5 Å². The molecule has 5 heteroatoms. The van der Waals surface area contributed by atoms with Crippen LogP contribution in [-0.2, 0) is 14.1 Å². The molecule has 0 rings (SSSR count). The molecular weight excluding hydrogens is 225 g/mol. The Morgan fingerprint density at radius 2 is 1.62 bits per heavy atom. The SMILES string of the molecule is CC(C)OC(=O)C(C)(C)N[P+](=O)C(C)(C)C. The highest BCUT2D eigenvalue weighted by Gasteiger charge is 2.44. The van der Waals surface area contributed by atoms with Gasteiger partial charge >= 0.3 is 13.9 Å². The van der Waals surface area contributed by atoms with Crippen LogP contribution in [-0.4, -0.2) is 22.8 Å². The van der Waals surface area contributed by atoms with Crippen molar-refractivity contribution >= 4 is 13.9 Å². The molecule has 0 saturated carbocycles. The lowest BCUT2D eigenvalue weighted by Crippen LogP contribution is -2.46. The lowest BCUT2D eigenvalue weighted by Gasteiger charge is -2.21. The van der Waals surface area contributed by atoms with Crippen LogP contribution in [0.5, 0.6) is 0 Å². The predicted molar refractivity (Wildman–Crippen MR) is 65.8 cm³/mol. The number of hydrogen-bond donors (Lipinski definition) is 1. The number of ether oxygens (including phenoxy) is 1. The summed E-state index contributed by atoms with van der Waals surface area (Å²) in [5.41, 5.74) is -0.926. The number of nitrogens with one attached hydrogen (secondary N) is 1. The molecule has 0 heterocycles. The van der Waals surface area contributed by atoms with E-state index in [2.05, 4.69) is 5.09 Å². The molecule has 0 aromatic carbocycles. The van der Waals surface area contributed by atoms with E-state index >= 15 is 0 Å². The lowest BCUT2D eigenvalue weighted by molar-refractivity contribution is -0.153. The third-order valence-corrected chi connectivity index (χ3v) is 3.82. The number of carbonyl (C=O) groups is 1. The van der Waals surface area contributed by atoms with Crippen molar-refractivity contribution in [2.45, 2.75) is 65.3 Å². The van der Waals surface area contributed by atoms with Gasteiger partial charge in [0.15, 0.2) is 10.7 Å². The van der Waals surface area contributed by atoms with Crippen molar-refractivity contribution in [1.82, 2.24) is 5.09 Å². The van der Waals surface area contributed by atoms with Gasteiger partial charge in [-0.2, -0.15) is 0 Å². The third-order valence-electron chi connectivity index (χ3n) is 1.84. The number of carbonyl (C=O) groups excluding carboxylic acids is 1. The molecule has 0 aliphatic rings. The van der Waals surface area contributed by atoms with Crippen molar-refractivity contribution in [3.63, 3.8) is 0 Å². The van der Waals surface area contributed by atoms with Gasteiger partial charge < -0.3 is 4.74 Å². The van der Waals surface area contributed by atoms with Crippen LogP contribution in [0, 0.1) is 0 Å². The minimum absolute atomic E-state index is 0.166. The highest BCUT2D eigenvalue weighted by atomic mass is 31.1. The van der Waals surface area contributed by atoms with Gasteiger partial charge in [0.1, 0.15) is 0 Å². The summed E-state index contributed by atoms with van der Waals surface area (Å²) in [5, 5.41) is 2.47. The molecule has 0 aromatic rings. The fourth-order valence-corrected chi connectivity index (χ4v) is 1.76. The molecule has 1 N–H and O–H groups in total. The van der Waals surface area contributed by atoms with Crippen LogP contribution in [0.1, 0.15) is 48.5 Å². The van der Waals surface area contributed by atoms with Crippen LogP contribution in [0.25, 0.3) is 0 Å². The maximum atomic E-state index is 11.9. The molecular formula is C11H23NO3P+. The zero-order valence-electron chi connectivity index (χ0n) is 11.2. The molecule has 0 aliphatic carbocycles. The first-order valence-corrected chi connectivity index (χ1v) is 6.69. The molecule has 0 aliphatic heterocycles. The van der Waals surface area contributed by atoms with Crippen LogP contribution in [0.3, 0.4) is 0 Å². The highest BCUT2D eigenvalue weighted by molar-refractivity contribution is 7.44. The number of hydrogen-bond acceptors (Lipinski definition) is 3. The van der Waals surface area contributed by atoms with Crippen LogP contribution in [0.2, 0.25) is 0 Å². The molecule has 0 aromatic heterocycles. The minimum Gasteiger partial charge on any atom is -0.462 e. The van der Waals surface area contributed by atoms with Crippen molar-refractivity contribution in [2.24, 2.45) is 0 Å². The summed E-state index contributed by atoms with van der Waals surface area (Å²) in [6, 6.07) is 0. The van der Waals surface area contributed by atoms with Crippen molar-refractivity contribution in [3.05, 3.63) is 0 Å². The van der Waals surface area contributed by atoms with Crippen molar-refractivity contribution < 1.29 is 14.1 Å². The monoisotopic (exact) mass is 248 g/mol. The van der Waals surface area contributed by atoms with Crippen molar-refractivity contribution in [3.8, 4) is 0 Å². The third kappa shape index (κ3) is 5.04. The van der Waals surface area contributed by atoms with E-state index in [1.807, 2.05) is 20.8 Å². The van der Waals surface area contributed by atoms with Gasteiger partial charge in [0, 0.05) is 0 Å². The van der Waals surface area contributed by atoms with E-state index in [9.17, 15) is 9.36 Å². The molecule has 0 fully saturated rings. The fraction of sp³-hybridized carbons (Fsp3) is 0.909. The summed E-state index contributed by atoms with van der Waals surface area (Å²) in [6.45, 7) is 12.5. The summed E-state index contributed by atoms with van der Waals surface area (Å²) in [7, 11) is -1.67. The van der Waals surface area contributed by atoms with E-state index in [-0.39, 0.29) is 17.2 Å². The summed E-state index contributed by atoms with van der Waals surface area (Å²) in [4.78, 5) is 11.7. The summed E-state index contributed by atoms with van der Waals surface area (Å²) in [5.74, 6) is -0.380. The van der Waals surface area contributed by atoms with Gasteiger partial charge in [-0.15, -0.1) is 0 Å². The van der Waals surface area contributed by atoms with E-state index in [1.165, 1.54) is 0 Å². The van der Waals surface area contributed by atoms with E-state index in [0.717, 1.165) is 0 Å². The number of esters is 1. The fourth-order valence-electron chi connectivity index (χ4n) is 0.829. The van der Waals surface area contributed by atoms with Gasteiger partial charge in [-0.3, -0.25) is 0 Å². The smallest absolute Gasteiger partial charge is 0.438 e. The van der Waals surface area contributed by atoms with E-state index in [4.69, 9.17) is 4.74 Å². The molecule has 0 saturated heterocycles. The quantitative estimate of drug-likeness (QED) is 0.614. The average Bonchev–Trinajstić information content (AvgIpc) is 1.99. The van der Waals surface area contributed by atoms with E-state index in [0.29, 0.717) is 0 Å². The predicted octanol–water partition coefficient (Wildman–Crippen LogP) is 2.85. The Bertz CT molecular complexity index is 279. The zero-order valence-corrected chi connectivity index (χ0v) is 12.1. The van der Waals surface area contributed by atoms with Crippen LogP contribution < -0.4 is 5.09 Å². The molecule has 1 unspecified atom stereocenters.